The van der Waals surface area contributed by atoms with Crippen molar-refractivity contribution in [1.82, 2.24) is 0 Å². The molecule has 0 unspecified atom stereocenters. The van der Waals surface area contributed by atoms with E-state index in [0.717, 1.165) is 24.3 Å². The van der Waals surface area contributed by atoms with Crippen molar-refractivity contribution >= 4 is 11.5 Å². The maximum absolute atomic E-state index is 11.5. The molecule has 3 nitrogen and oxygen atoms in total. The van der Waals surface area contributed by atoms with E-state index in [1.54, 1.807) is 12.1 Å². The molecule has 0 bridgehead atoms. The van der Waals surface area contributed by atoms with Crippen molar-refractivity contribution in [3.05, 3.63) is 35.9 Å². The molecule has 0 amide bonds. The Morgan fingerprint density at radius 2 is 2.05 bits per heavy atom. The molecule has 3 heteroatoms. The molecule has 1 fully saturated rings. The van der Waals surface area contributed by atoms with Gasteiger partial charge in [-0.2, -0.15) is 0 Å². The van der Waals surface area contributed by atoms with Gasteiger partial charge >= 0.3 is 0 Å². The zero-order chi connectivity index (χ0) is 13.8. The van der Waals surface area contributed by atoms with Crippen molar-refractivity contribution in [2.75, 3.05) is 18.0 Å². The number of piperidine rings is 1. The number of ketones is 1. The number of hydrogen-bond acceptors (Lipinski definition) is 3. The Morgan fingerprint density at radius 1 is 1.37 bits per heavy atom. The van der Waals surface area contributed by atoms with Gasteiger partial charge in [0.1, 0.15) is 5.75 Å². The molecule has 19 heavy (non-hydrogen) atoms. The van der Waals surface area contributed by atoms with Crippen LogP contribution in [0.4, 0.5) is 5.69 Å². The van der Waals surface area contributed by atoms with Crippen molar-refractivity contribution in [2.24, 2.45) is 0 Å². The van der Waals surface area contributed by atoms with Crippen LogP contribution in [-0.2, 0) is 6.42 Å². The second-order valence-corrected chi connectivity index (χ2v) is 5.06. The largest absolute Gasteiger partial charge is 0.507 e. The molecule has 1 aromatic rings. The third kappa shape index (κ3) is 2.80. The summed E-state index contributed by atoms with van der Waals surface area (Å²) in [5.41, 5.74) is 2.27. The van der Waals surface area contributed by atoms with E-state index >= 15 is 0 Å². The Hall–Kier alpha value is -1.77. The zero-order valence-electron chi connectivity index (χ0n) is 11.5. The van der Waals surface area contributed by atoms with Gasteiger partial charge in [0.15, 0.2) is 5.78 Å². The van der Waals surface area contributed by atoms with Gasteiger partial charge in [0.05, 0.1) is 5.56 Å². The number of benzene rings is 1. The lowest BCUT2D eigenvalue weighted by Crippen LogP contribution is -2.30. The summed E-state index contributed by atoms with van der Waals surface area (Å²) in [4.78, 5) is 13.8. The standard InChI is InChI=1S/C16H21NO2/c1-3-7-14-15(17-10-5-4-6-11-17)9-8-13(12(2)18)16(14)19/h3,8-9,19H,1,4-7,10-11H2,2H3. The Morgan fingerprint density at radius 3 is 2.63 bits per heavy atom. The molecule has 102 valence electrons. The van der Waals surface area contributed by atoms with Crippen molar-refractivity contribution in [2.45, 2.75) is 32.6 Å². The van der Waals surface area contributed by atoms with Crippen LogP contribution in [0.5, 0.6) is 5.75 Å². The van der Waals surface area contributed by atoms with Gasteiger partial charge in [-0.1, -0.05) is 6.08 Å². The van der Waals surface area contributed by atoms with Gasteiger partial charge in [-0.15, -0.1) is 6.58 Å². The van der Waals surface area contributed by atoms with Gasteiger partial charge in [-0.25, -0.2) is 0 Å². The third-order valence-electron chi connectivity index (χ3n) is 3.68. The number of anilines is 1. The number of phenolic OH excluding ortho intramolecular Hbond substituents is 1. The van der Waals surface area contributed by atoms with Crippen LogP contribution in [0.2, 0.25) is 0 Å². The Bertz CT molecular complexity index is 488. The number of Topliss-reactive ketones (excluding diaryl/α,β-unsaturated/α-hetero) is 1. The highest BCUT2D eigenvalue weighted by molar-refractivity contribution is 5.98. The summed E-state index contributed by atoms with van der Waals surface area (Å²) in [6.45, 7) is 7.26. The summed E-state index contributed by atoms with van der Waals surface area (Å²) in [6, 6.07) is 3.69. The highest BCUT2D eigenvalue weighted by Crippen LogP contribution is 2.34. The van der Waals surface area contributed by atoms with Crippen LogP contribution in [-0.4, -0.2) is 24.0 Å². The Kier molecular flexibility index (Phi) is 4.25. The van der Waals surface area contributed by atoms with Crippen LogP contribution in [0.3, 0.4) is 0 Å². The fourth-order valence-electron chi connectivity index (χ4n) is 2.69. The summed E-state index contributed by atoms with van der Waals surface area (Å²) >= 11 is 0. The molecule has 0 aliphatic carbocycles. The molecular weight excluding hydrogens is 238 g/mol. The van der Waals surface area contributed by atoms with E-state index in [1.165, 1.54) is 26.2 Å². The predicted molar refractivity (Wildman–Crippen MR) is 78.1 cm³/mol. The first-order valence-electron chi connectivity index (χ1n) is 6.86. The van der Waals surface area contributed by atoms with Crippen LogP contribution in [0.15, 0.2) is 24.8 Å². The second-order valence-electron chi connectivity index (χ2n) is 5.06. The van der Waals surface area contributed by atoms with Gasteiger partial charge in [-0.05, 0) is 44.7 Å². The number of aromatic hydroxyl groups is 1. The van der Waals surface area contributed by atoms with E-state index in [9.17, 15) is 9.90 Å². The quantitative estimate of drug-likeness (QED) is 0.666. The lowest BCUT2D eigenvalue weighted by Gasteiger charge is -2.31. The first kappa shape index (κ1) is 13.7. The minimum Gasteiger partial charge on any atom is -0.507 e. The number of carbonyl (C=O) groups excluding carboxylic acids is 1. The number of hydrogen-bond donors (Lipinski definition) is 1. The maximum atomic E-state index is 11.5. The maximum Gasteiger partial charge on any atom is 0.163 e. The molecule has 1 aliphatic heterocycles. The van der Waals surface area contributed by atoms with Crippen LogP contribution in [0, 0.1) is 0 Å². The van der Waals surface area contributed by atoms with E-state index in [-0.39, 0.29) is 11.5 Å². The summed E-state index contributed by atoms with van der Waals surface area (Å²) in [5, 5.41) is 10.3. The number of rotatable bonds is 4. The van der Waals surface area contributed by atoms with E-state index in [4.69, 9.17) is 0 Å². The molecule has 0 aromatic heterocycles. The van der Waals surface area contributed by atoms with Gasteiger partial charge in [0.25, 0.3) is 0 Å². The number of nitrogens with zero attached hydrogens (tertiary/aromatic N) is 1. The predicted octanol–water partition coefficient (Wildman–Crippen LogP) is 3.31. The minimum absolute atomic E-state index is 0.104. The van der Waals surface area contributed by atoms with Crippen LogP contribution in [0.25, 0.3) is 0 Å². The SMILES string of the molecule is C=CCc1c(N2CCCCC2)ccc(C(C)=O)c1O. The Labute approximate surface area is 114 Å². The van der Waals surface area contributed by atoms with Crippen molar-refractivity contribution in [1.29, 1.82) is 0 Å². The smallest absolute Gasteiger partial charge is 0.163 e. The van der Waals surface area contributed by atoms with Crippen LogP contribution < -0.4 is 4.90 Å². The second kappa shape index (κ2) is 5.91. The molecule has 0 atom stereocenters. The molecule has 1 aliphatic rings. The molecule has 1 saturated heterocycles. The first-order chi connectivity index (χ1) is 9.15. The number of allylic oxidation sites excluding steroid dienone is 1. The van der Waals surface area contributed by atoms with Gasteiger partial charge in [0.2, 0.25) is 0 Å². The first-order valence-corrected chi connectivity index (χ1v) is 6.86. The van der Waals surface area contributed by atoms with Crippen LogP contribution >= 0.6 is 0 Å². The van der Waals surface area contributed by atoms with Gasteiger partial charge < -0.3 is 10.0 Å². The topological polar surface area (TPSA) is 40.5 Å². The van der Waals surface area contributed by atoms with E-state index in [1.807, 2.05) is 6.07 Å². The molecule has 2 rings (SSSR count). The van der Waals surface area contributed by atoms with Gasteiger partial charge in [0, 0.05) is 24.3 Å². The highest BCUT2D eigenvalue weighted by Gasteiger charge is 2.19. The lowest BCUT2D eigenvalue weighted by atomic mass is 9.99. The average molecular weight is 259 g/mol. The summed E-state index contributed by atoms with van der Waals surface area (Å²) in [7, 11) is 0. The third-order valence-corrected chi connectivity index (χ3v) is 3.68. The normalized spacial score (nSPS) is 15.3. The van der Waals surface area contributed by atoms with Crippen molar-refractivity contribution in [3.8, 4) is 5.75 Å². The molecular formula is C16H21NO2. The molecule has 1 N–H and O–H groups in total. The fourth-order valence-corrected chi connectivity index (χ4v) is 2.69. The van der Waals surface area contributed by atoms with E-state index in [0.29, 0.717) is 12.0 Å². The molecule has 0 saturated carbocycles. The minimum atomic E-state index is -0.104. The highest BCUT2D eigenvalue weighted by atomic mass is 16.3. The van der Waals surface area contributed by atoms with E-state index in [2.05, 4.69) is 11.5 Å². The number of carbonyl (C=O) groups is 1. The van der Waals surface area contributed by atoms with Crippen molar-refractivity contribution < 1.29 is 9.90 Å². The summed E-state index contributed by atoms with van der Waals surface area (Å²) in [6.07, 6.45) is 5.99. The summed E-state index contributed by atoms with van der Waals surface area (Å²) < 4.78 is 0. The summed E-state index contributed by atoms with van der Waals surface area (Å²) in [5.74, 6) is 0.0171. The monoisotopic (exact) mass is 259 g/mol. The lowest BCUT2D eigenvalue weighted by molar-refractivity contribution is 0.101. The molecule has 1 aromatic carbocycles. The Balaban J connectivity index is 2.44. The van der Waals surface area contributed by atoms with Crippen LogP contribution in [0.1, 0.15) is 42.1 Å². The molecule has 1 heterocycles. The van der Waals surface area contributed by atoms with Crippen molar-refractivity contribution in [3.63, 3.8) is 0 Å². The average Bonchev–Trinajstić information content (AvgIpc) is 2.41. The fraction of sp³-hybridized carbons (Fsp3) is 0.438. The molecule has 0 spiro atoms. The van der Waals surface area contributed by atoms with E-state index < -0.39 is 0 Å². The van der Waals surface area contributed by atoms with Gasteiger partial charge in [-0.3, -0.25) is 4.79 Å². The number of phenols is 1. The zero-order valence-corrected chi connectivity index (χ0v) is 11.5. The molecule has 0 radical (unpaired) electrons.